The number of hydrogen-bond acceptors (Lipinski definition) is 5. The Labute approximate surface area is 115 Å². The summed E-state index contributed by atoms with van der Waals surface area (Å²) in [4.78, 5) is 1.29. The Morgan fingerprint density at radius 2 is 2.33 bits per heavy atom. The van der Waals surface area contributed by atoms with Crippen molar-refractivity contribution in [2.75, 3.05) is 5.75 Å². The molecule has 0 amide bonds. The first-order valence-electron chi connectivity index (χ1n) is 5.92. The zero-order valence-corrected chi connectivity index (χ0v) is 12.2. The van der Waals surface area contributed by atoms with Crippen LogP contribution in [0.1, 0.15) is 24.0 Å². The van der Waals surface area contributed by atoms with Gasteiger partial charge in [-0.05, 0) is 17.9 Å². The van der Waals surface area contributed by atoms with Crippen molar-refractivity contribution in [3.63, 3.8) is 0 Å². The molecule has 6 heteroatoms. The third-order valence-corrected chi connectivity index (χ3v) is 4.76. The number of hydrogen-bond donors (Lipinski definition) is 1. The standard InChI is InChI=1S/C12H17N3OS2/c1-3-9(16)8-18-12-14-13-11(15(12)2)7-10-5-4-6-17-10/h4-6,9,16H,3,7-8H2,1-2H3/t9-/m1/s1. The lowest BCUT2D eigenvalue weighted by molar-refractivity contribution is 0.195. The fourth-order valence-corrected chi connectivity index (χ4v) is 3.16. The predicted octanol–water partition coefficient (Wildman–Crippen LogP) is 2.33. The molecule has 2 heterocycles. The van der Waals surface area contributed by atoms with Gasteiger partial charge in [-0.2, -0.15) is 0 Å². The van der Waals surface area contributed by atoms with E-state index in [0.717, 1.165) is 23.8 Å². The maximum absolute atomic E-state index is 9.55. The van der Waals surface area contributed by atoms with Gasteiger partial charge >= 0.3 is 0 Å². The summed E-state index contributed by atoms with van der Waals surface area (Å²) >= 11 is 3.29. The minimum Gasteiger partial charge on any atom is -0.392 e. The highest BCUT2D eigenvalue weighted by Crippen LogP contribution is 2.20. The normalized spacial score (nSPS) is 12.8. The second kappa shape index (κ2) is 6.36. The van der Waals surface area contributed by atoms with Crippen molar-refractivity contribution in [3.05, 3.63) is 28.2 Å². The predicted molar refractivity (Wildman–Crippen MR) is 75.1 cm³/mol. The second-order valence-electron chi connectivity index (χ2n) is 4.09. The molecule has 4 nitrogen and oxygen atoms in total. The summed E-state index contributed by atoms with van der Waals surface area (Å²) in [6.45, 7) is 1.98. The van der Waals surface area contributed by atoms with Crippen LogP contribution in [-0.4, -0.2) is 31.7 Å². The molecule has 0 radical (unpaired) electrons. The summed E-state index contributed by atoms with van der Waals surface area (Å²) in [6.07, 6.45) is 1.32. The Bertz CT molecular complexity index is 481. The van der Waals surface area contributed by atoms with E-state index in [9.17, 15) is 5.11 Å². The first kappa shape index (κ1) is 13.6. The summed E-state index contributed by atoms with van der Waals surface area (Å²) < 4.78 is 2.01. The molecule has 0 bridgehead atoms. The van der Waals surface area contributed by atoms with Crippen LogP contribution in [-0.2, 0) is 13.5 Å². The van der Waals surface area contributed by atoms with Crippen molar-refractivity contribution in [2.24, 2.45) is 7.05 Å². The highest BCUT2D eigenvalue weighted by Gasteiger charge is 2.11. The smallest absolute Gasteiger partial charge is 0.191 e. The summed E-state index contributed by atoms with van der Waals surface area (Å²) in [5.41, 5.74) is 0. The molecule has 2 aromatic rings. The van der Waals surface area contributed by atoms with Gasteiger partial charge in [-0.3, -0.25) is 0 Å². The number of nitrogens with zero attached hydrogens (tertiary/aromatic N) is 3. The summed E-state index contributed by atoms with van der Waals surface area (Å²) in [5, 5.41) is 20.9. The Kier molecular flexibility index (Phi) is 4.79. The van der Waals surface area contributed by atoms with Gasteiger partial charge in [0.1, 0.15) is 5.82 Å². The molecule has 0 aliphatic heterocycles. The molecule has 2 rings (SSSR count). The summed E-state index contributed by atoms with van der Waals surface area (Å²) in [5.74, 6) is 1.63. The van der Waals surface area contributed by atoms with Gasteiger partial charge in [0, 0.05) is 24.1 Å². The third-order valence-electron chi connectivity index (χ3n) is 2.71. The van der Waals surface area contributed by atoms with Gasteiger partial charge < -0.3 is 9.67 Å². The zero-order valence-electron chi connectivity index (χ0n) is 10.5. The van der Waals surface area contributed by atoms with E-state index < -0.39 is 0 Å². The number of aromatic nitrogens is 3. The van der Waals surface area contributed by atoms with Crippen molar-refractivity contribution in [1.82, 2.24) is 14.8 Å². The number of thioether (sulfide) groups is 1. The van der Waals surface area contributed by atoms with Crippen LogP contribution in [0.5, 0.6) is 0 Å². The largest absolute Gasteiger partial charge is 0.392 e. The summed E-state index contributed by atoms with van der Waals surface area (Å²) in [7, 11) is 1.98. The molecule has 0 unspecified atom stereocenters. The van der Waals surface area contributed by atoms with E-state index in [1.165, 1.54) is 4.88 Å². The van der Waals surface area contributed by atoms with Crippen LogP contribution in [0, 0.1) is 0 Å². The maximum Gasteiger partial charge on any atom is 0.191 e. The van der Waals surface area contributed by atoms with Gasteiger partial charge in [-0.1, -0.05) is 24.8 Å². The molecule has 0 fully saturated rings. The van der Waals surface area contributed by atoms with Crippen LogP contribution in [0.25, 0.3) is 0 Å². The maximum atomic E-state index is 9.55. The summed E-state index contributed by atoms with van der Waals surface area (Å²) in [6, 6.07) is 4.15. The minimum absolute atomic E-state index is 0.271. The topological polar surface area (TPSA) is 50.9 Å². The van der Waals surface area contributed by atoms with Gasteiger partial charge in [0.05, 0.1) is 6.10 Å². The van der Waals surface area contributed by atoms with Crippen molar-refractivity contribution < 1.29 is 5.11 Å². The quantitative estimate of drug-likeness (QED) is 0.827. The Morgan fingerprint density at radius 1 is 1.50 bits per heavy atom. The first-order valence-corrected chi connectivity index (χ1v) is 7.78. The second-order valence-corrected chi connectivity index (χ2v) is 6.11. The molecule has 0 aliphatic carbocycles. The Hall–Kier alpha value is -0.850. The Balaban J connectivity index is 2.00. The van der Waals surface area contributed by atoms with Crippen LogP contribution in [0.15, 0.2) is 22.7 Å². The first-order chi connectivity index (χ1) is 8.70. The van der Waals surface area contributed by atoms with Gasteiger partial charge in [-0.25, -0.2) is 0 Å². The molecule has 0 saturated heterocycles. The number of rotatable bonds is 6. The highest BCUT2D eigenvalue weighted by atomic mass is 32.2. The molecule has 1 atom stereocenters. The van der Waals surface area contributed by atoms with Crippen LogP contribution in [0.3, 0.4) is 0 Å². The minimum atomic E-state index is -0.271. The van der Waals surface area contributed by atoms with E-state index >= 15 is 0 Å². The molecule has 18 heavy (non-hydrogen) atoms. The number of aliphatic hydroxyl groups excluding tert-OH is 1. The van der Waals surface area contributed by atoms with Crippen molar-refractivity contribution >= 4 is 23.1 Å². The molecule has 0 aliphatic rings. The van der Waals surface area contributed by atoms with E-state index in [1.807, 2.05) is 24.6 Å². The lowest BCUT2D eigenvalue weighted by atomic mass is 10.3. The highest BCUT2D eigenvalue weighted by molar-refractivity contribution is 7.99. The Morgan fingerprint density at radius 3 is 3.00 bits per heavy atom. The van der Waals surface area contributed by atoms with Crippen LogP contribution in [0.4, 0.5) is 0 Å². The number of thiophene rings is 1. The van der Waals surface area contributed by atoms with Gasteiger partial charge in [0.2, 0.25) is 0 Å². The van der Waals surface area contributed by atoms with Crippen molar-refractivity contribution in [3.8, 4) is 0 Å². The SMILES string of the molecule is CC[C@@H](O)CSc1nnc(Cc2cccs2)n1C. The lowest BCUT2D eigenvalue weighted by Crippen LogP contribution is -2.08. The molecule has 0 spiro atoms. The van der Waals surface area contributed by atoms with Crippen LogP contribution < -0.4 is 0 Å². The molecular weight excluding hydrogens is 266 g/mol. The van der Waals surface area contributed by atoms with Gasteiger partial charge in [0.15, 0.2) is 5.16 Å². The monoisotopic (exact) mass is 283 g/mol. The van der Waals surface area contributed by atoms with E-state index in [0.29, 0.717) is 5.75 Å². The molecule has 0 saturated carbocycles. The molecule has 98 valence electrons. The molecule has 1 N–H and O–H groups in total. The fraction of sp³-hybridized carbons (Fsp3) is 0.500. The molecule has 0 aromatic carbocycles. The average molecular weight is 283 g/mol. The van der Waals surface area contributed by atoms with E-state index in [4.69, 9.17) is 0 Å². The van der Waals surface area contributed by atoms with Crippen LogP contribution in [0.2, 0.25) is 0 Å². The third kappa shape index (κ3) is 3.34. The van der Waals surface area contributed by atoms with Gasteiger partial charge in [-0.15, -0.1) is 21.5 Å². The molecular formula is C12H17N3OS2. The van der Waals surface area contributed by atoms with E-state index in [1.54, 1.807) is 23.1 Å². The van der Waals surface area contributed by atoms with E-state index in [-0.39, 0.29) is 6.10 Å². The van der Waals surface area contributed by atoms with Crippen LogP contribution >= 0.6 is 23.1 Å². The average Bonchev–Trinajstić information content (AvgIpc) is 2.99. The van der Waals surface area contributed by atoms with Crippen molar-refractivity contribution in [1.29, 1.82) is 0 Å². The van der Waals surface area contributed by atoms with Gasteiger partial charge in [0.25, 0.3) is 0 Å². The number of aliphatic hydroxyl groups is 1. The zero-order chi connectivity index (χ0) is 13.0. The lowest BCUT2D eigenvalue weighted by Gasteiger charge is -2.06. The fourth-order valence-electron chi connectivity index (χ4n) is 1.48. The molecule has 2 aromatic heterocycles. The van der Waals surface area contributed by atoms with E-state index in [2.05, 4.69) is 21.6 Å². The van der Waals surface area contributed by atoms with Crippen molar-refractivity contribution in [2.45, 2.75) is 31.0 Å².